The van der Waals surface area contributed by atoms with Crippen molar-refractivity contribution in [1.29, 1.82) is 0 Å². The van der Waals surface area contributed by atoms with Crippen molar-refractivity contribution in [3.05, 3.63) is 39.5 Å². The summed E-state index contributed by atoms with van der Waals surface area (Å²) in [5.41, 5.74) is 0. The van der Waals surface area contributed by atoms with Crippen molar-refractivity contribution < 1.29 is 13.6 Å². The molecule has 0 bridgehead atoms. The molecule has 0 aliphatic rings. The van der Waals surface area contributed by atoms with Gasteiger partial charge in [0.25, 0.3) is 0 Å². The van der Waals surface area contributed by atoms with Gasteiger partial charge in [-0.25, -0.2) is 4.57 Å². The van der Waals surface area contributed by atoms with Crippen molar-refractivity contribution >= 4 is 18.2 Å². The highest BCUT2D eigenvalue weighted by Crippen LogP contribution is 2.60. The van der Waals surface area contributed by atoms with Crippen LogP contribution in [0.3, 0.4) is 0 Å². The van der Waals surface area contributed by atoms with Crippen LogP contribution < -0.4 is 0 Å². The van der Waals surface area contributed by atoms with Gasteiger partial charge >= 0.3 is 6.80 Å². The fourth-order valence-electron chi connectivity index (χ4n) is 1.25. The van der Waals surface area contributed by atoms with Crippen molar-refractivity contribution in [2.24, 2.45) is 0 Å². The third kappa shape index (κ3) is 19.7. The minimum Gasteiger partial charge on any atom is -0.303 e. The van der Waals surface area contributed by atoms with Crippen LogP contribution in [0.25, 0.3) is 0 Å². The Balaban J connectivity index is -0.000000238. The van der Waals surface area contributed by atoms with E-state index in [2.05, 4.69) is 58.2 Å². The third-order valence-corrected chi connectivity index (χ3v) is 6.08. The van der Waals surface area contributed by atoms with Crippen molar-refractivity contribution in [3.63, 3.8) is 0 Å². The molecule has 0 rings (SSSR count). The van der Waals surface area contributed by atoms with Gasteiger partial charge in [0.15, 0.2) is 0 Å². The Kier molecular flexibility index (Phi) is 34.5. The van der Waals surface area contributed by atoms with E-state index in [0.717, 1.165) is 25.4 Å². The van der Waals surface area contributed by atoms with E-state index in [4.69, 9.17) is 9.05 Å². The number of hydrogen-bond donors (Lipinski definition) is 0. The third-order valence-electron chi connectivity index (χ3n) is 2.13. The molecular weight excluding hydrogens is 317 g/mol. The second-order valence-corrected chi connectivity index (χ2v) is 7.34. The van der Waals surface area contributed by atoms with Gasteiger partial charge in [-0.2, -0.15) is 0 Å². The molecule has 0 fully saturated rings. The van der Waals surface area contributed by atoms with Crippen LogP contribution >= 0.6 is 18.2 Å². The maximum Gasteiger partial charge on any atom is 0.389 e. The van der Waals surface area contributed by atoms with Gasteiger partial charge < -0.3 is 13.9 Å². The standard InChI is InChI=1S/C10H24NO3PS.3C2H4/c1-5-11(6-2)9-10-16-15(12,13-7-3)14-8-4;3*1-2/h5-10H2,1-4H3;3*1-2H2. The summed E-state index contributed by atoms with van der Waals surface area (Å²) < 4.78 is 22.5. The van der Waals surface area contributed by atoms with Gasteiger partial charge in [-0.05, 0) is 38.3 Å². The van der Waals surface area contributed by atoms with E-state index < -0.39 is 6.80 Å². The molecule has 0 amide bonds. The minimum atomic E-state index is -2.91. The highest BCUT2D eigenvalue weighted by molar-refractivity contribution is 8.55. The smallest absolute Gasteiger partial charge is 0.303 e. The fourth-order valence-corrected chi connectivity index (χ4v) is 4.66. The highest BCUT2D eigenvalue weighted by atomic mass is 32.7. The molecule has 0 saturated heterocycles. The summed E-state index contributed by atoms with van der Waals surface area (Å²) in [5, 5.41) is 0. The van der Waals surface area contributed by atoms with Gasteiger partial charge in [0, 0.05) is 12.3 Å². The van der Waals surface area contributed by atoms with Gasteiger partial charge in [-0.15, -0.1) is 39.5 Å². The number of nitrogens with zero attached hydrogens (tertiary/aromatic N) is 1. The molecule has 0 atom stereocenters. The quantitative estimate of drug-likeness (QED) is 0.375. The Bertz CT molecular complexity index is 237. The van der Waals surface area contributed by atoms with Crippen LogP contribution in [0.1, 0.15) is 27.7 Å². The lowest BCUT2D eigenvalue weighted by Crippen LogP contribution is -2.25. The second kappa shape index (κ2) is 25.6. The van der Waals surface area contributed by atoms with E-state index in [1.807, 2.05) is 13.8 Å². The Hall–Kier alpha value is -0.320. The molecule has 134 valence electrons. The molecule has 0 N–H and O–H groups in total. The molecule has 0 spiro atoms. The first-order valence-corrected chi connectivity index (χ1v) is 10.5. The maximum atomic E-state index is 12.1. The van der Waals surface area contributed by atoms with Crippen molar-refractivity contribution in [2.45, 2.75) is 27.7 Å². The van der Waals surface area contributed by atoms with E-state index in [1.165, 1.54) is 11.4 Å². The molecule has 0 aromatic carbocycles. The highest BCUT2D eigenvalue weighted by Gasteiger charge is 2.24. The molecule has 0 aromatic heterocycles. The SMILES string of the molecule is C=C.C=C.C=C.CCOP(=O)(OCC)SCCN(CC)CC. The maximum absolute atomic E-state index is 12.1. The van der Waals surface area contributed by atoms with Crippen LogP contribution in [0.15, 0.2) is 39.5 Å². The van der Waals surface area contributed by atoms with Crippen LogP contribution in [0.2, 0.25) is 0 Å². The van der Waals surface area contributed by atoms with Gasteiger partial charge in [-0.1, -0.05) is 13.8 Å². The van der Waals surface area contributed by atoms with Crippen LogP contribution in [-0.4, -0.2) is 43.5 Å². The number of rotatable bonds is 10. The lowest BCUT2D eigenvalue weighted by molar-refractivity contribution is 0.236. The van der Waals surface area contributed by atoms with E-state index >= 15 is 0 Å². The van der Waals surface area contributed by atoms with Crippen molar-refractivity contribution in [2.75, 3.05) is 38.6 Å². The fraction of sp³-hybridized carbons (Fsp3) is 0.625. The van der Waals surface area contributed by atoms with E-state index in [0.29, 0.717) is 13.2 Å². The number of hydrogen-bond acceptors (Lipinski definition) is 5. The first kappa shape index (κ1) is 29.7. The lowest BCUT2D eigenvalue weighted by atomic mass is 10.5. The molecule has 0 radical (unpaired) electrons. The van der Waals surface area contributed by atoms with Crippen molar-refractivity contribution in [1.82, 2.24) is 4.90 Å². The molecular formula is C16H36NO3PS. The molecule has 0 unspecified atom stereocenters. The first-order valence-electron chi connectivity index (χ1n) is 7.37. The van der Waals surface area contributed by atoms with Gasteiger partial charge in [0.2, 0.25) is 0 Å². The molecule has 0 aliphatic heterocycles. The minimum absolute atomic E-state index is 0.426. The second-order valence-electron chi connectivity index (χ2n) is 3.14. The van der Waals surface area contributed by atoms with Gasteiger partial charge in [0.05, 0.1) is 13.2 Å². The summed E-state index contributed by atoms with van der Waals surface area (Å²) in [7, 11) is 0. The largest absolute Gasteiger partial charge is 0.389 e. The summed E-state index contributed by atoms with van der Waals surface area (Å²) in [6.45, 7) is 26.8. The van der Waals surface area contributed by atoms with Crippen LogP contribution in [0.5, 0.6) is 0 Å². The first-order chi connectivity index (χ1) is 10.6. The molecule has 4 nitrogen and oxygen atoms in total. The average Bonchev–Trinajstić information content (AvgIpc) is 2.58. The van der Waals surface area contributed by atoms with Crippen LogP contribution in [-0.2, 0) is 13.6 Å². The van der Waals surface area contributed by atoms with Gasteiger partial charge in [-0.3, -0.25) is 0 Å². The van der Waals surface area contributed by atoms with E-state index in [1.54, 1.807) is 0 Å². The Morgan fingerprint density at radius 2 is 1.23 bits per heavy atom. The zero-order chi connectivity index (χ0) is 18.4. The predicted octanol–water partition coefficient (Wildman–Crippen LogP) is 5.65. The lowest BCUT2D eigenvalue weighted by Gasteiger charge is -2.20. The normalized spacial score (nSPS) is 9.50. The molecule has 22 heavy (non-hydrogen) atoms. The molecule has 6 heteroatoms. The summed E-state index contributed by atoms with van der Waals surface area (Å²) in [4.78, 5) is 2.29. The zero-order valence-electron chi connectivity index (χ0n) is 15.0. The van der Waals surface area contributed by atoms with Gasteiger partial charge in [0.1, 0.15) is 0 Å². The Labute approximate surface area is 142 Å². The van der Waals surface area contributed by atoms with Crippen LogP contribution in [0, 0.1) is 0 Å². The Morgan fingerprint density at radius 1 is 0.864 bits per heavy atom. The molecule has 0 aliphatic carbocycles. The zero-order valence-corrected chi connectivity index (χ0v) is 16.7. The van der Waals surface area contributed by atoms with E-state index in [9.17, 15) is 4.57 Å². The monoisotopic (exact) mass is 353 g/mol. The summed E-state index contributed by atoms with van der Waals surface area (Å²) in [5.74, 6) is 0.777. The summed E-state index contributed by atoms with van der Waals surface area (Å²) >= 11 is 1.30. The van der Waals surface area contributed by atoms with Crippen molar-refractivity contribution in [3.8, 4) is 0 Å². The van der Waals surface area contributed by atoms with E-state index in [-0.39, 0.29) is 0 Å². The average molecular weight is 354 g/mol. The predicted molar refractivity (Wildman–Crippen MR) is 105 cm³/mol. The molecule has 0 saturated carbocycles. The topological polar surface area (TPSA) is 38.8 Å². The molecule has 0 aromatic rings. The van der Waals surface area contributed by atoms with Crippen LogP contribution in [0.4, 0.5) is 0 Å². The summed E-state index contributed by atoms with van der Waals surface area (Å²) in [6, 6.07) is 0. The molecule has 0 heterocycles. The Morgan fingerprint density at radius 3 is 1.50 bits per heavy atom. The summed E-state index contributed by atoms with van der Waals surface area (Å²) in [6.07, 6.45) is 0.